The first-order valence-corrected chi connectivity index (χ1v) is 8.03. The van der Waals surface area contributed by atoms with E-state index in [-0.39, 0.29) is 5.69 Å². The van der Waals surface area contributed by atoms with Gasteiger partial charge in [0.05, 0.1) is 16.7 Å². The van der Waals surface area contributed by atoms with Crippen LogP contribution in [0.1, 0.15) is 5.56 Å². The predicted octanol–water partition coefficient (Wildman–Crippen LogP) is 4.74. The summed E-state index contributed by atoms with van der Waals surface area (Å²) in [5.41, 5.74) is 4.69. The third kappa shape index (κ3) is 2.95. The highest BCUT2D eigenvalue weighted by Gasteiger charge is 2.07. The van der Waals surface area contributed by atoms with Crippen LogP contribution in [0.3, 0.4) is 0 Å². The van der Waals surface area contributed by atoms with E-state index in [9.17, 15) is 10.1 Å². The number of hydrogen-bond acceptors (Lipinski definition) is 5. The van der Waals surface area contributed by atoms with Crippen LogP contribution >= 0.6 is 0 Å². The minimum Gasteiger partial charge on any atom is -0.261 e. The van der Waals surface area contributed by atoms with Gasteiger partial charge in [0.25, 0.3) is 5.69 Å². The molecule has 1 heterocycles. The molecule has 0 saturated carbocycles. The Labute approximate surface area is 149 Å². The summed E-state index contributed by atoms with van der Waals surface area (Å²) < 4.78 is 0. The number of benzene rings is 3. The Morgan fingerprint density at radius 1 is 0.885 bits per heavy atom. The summed E-state index contributed by atoms with van der Waals surface area (Å²) in [7, 11) is 0. The molecule has 0 saturated heterocycles. The first-order chi connectivity index (χ1) is 12.7. The number of nitrogens with zero attached hydrogens (tertiary/aromatic N) is 3. The van der Waals surface area contributed by atoms with Crippen LogP contribution in [-0.4, -0.2) is 16.1 Å². The number of aromatic nitrogens is 1. The summed E-state index contributed by atoms with van der Waals surface area (Å²) in [6.45, 7) is 0. The van der Waals surface area contributed by atoms with Gasteiger partial charge in [0, 0.05) is 22.9 Å². The van der Waals surface area contributed by atoms with Crippen molar-refractivity contribution >= 4 is 39.4 Å². The highest BCUT2D eigenvalue weighted by atomic mass is 16.6. The number of fused-ring (bicyclic) bond motifs is 3. The first-order valence-electron chi connectivity index (χ1n) is 8.03. The zero-order chi connectivity index (χ0) is 17.9. The van der Waals surface area contributed by atoms with E-state index in [1.165, 1.54) is 12.1 Å². The lowest BCUT2D eigenvalue weighted by molar-refractivity contribution is -0.384. The molecule has 3 aromatic carbocycles. The Bertz CT molecular complexity index is 1140. The van der Waals surface area contributed by atoms with Crippen molar-refractivity contribution in [3.05, 3.63) is 88.5 Å². The number of anilines is 1. The normalized spacial score (nSPS) is 11.2. The summed E-state index contributed by atoms with van der Waals surface area (Å²) in [6, 6.07) is 22.2. The van der Waals surface area contributed by atoms with Gasteiger partial charge in [0.2, 0.25) is 0 Å². The monoisotopic (exact) mass is 342 g/mol. The number of hydrogen-bond donors (Lipinski definition) is 1. The van der Waals surface area contributed by atoms with E-state index < -0.39 is 4.92 Å². The van der Waals surface area contributed by atoms with E-state index >= 15 is 0 Å². The Hall–Kier alpha value is -3.80. The maximum atomic E-state index is 10.7. The van der Waals surface area contributed by atoms with Crippen molar-refractivity contribution in [1.82, 2.24) is 4.98 Å². The minimum absolute atomic E-state index is 0.0531. The molecule has 1 N–H and O–H groups in total. The third-order valence-electron chi connectivity index (χ3n) is 4.10. The van der Waals surface area contributed by atoms with Crippen LogP contribution in [0.5, 0.6) is 0 Å². The van der Waals surface area contributed by atoms with Crippen LogP contribution < -0.4 is 5.43 Å². The fourth-order valence-corrected chi connectivity index (χ4v) is 2.84. The number of nitro benzene ring substituents is 1. The number of pyridine rings is 1. The van der Waals surface area contributed by atoms with Crippen molar-refractivity contribution in [3.63, 3.8) is 0 Å². The summed E-state index contributed by atoms with van der Waals surface area (Å²) in [6.07, 6.45) is 1.61. The molecule has 0 atom stereocenters. The zero-order valence-electron chi connectivity index (χ0n) is 13.7. The summed E-state index contributed by atoms with van der Waals surface area (Å²) in [5.74, 6) is 0.664. The van der Waals surface area contributed by atoms with Crippen molar-refractivity contribution < 1.29 is 4.92 Å². The van der Waals surface area contributed by atoms with Crippen molar-refractivity contribution in [3.8, 4) is 0 Å². The Morgan fingerprint density at radius 2 is 1.54 bits per heavy atom. The molecule has 4 aromatic rings. The van der Waals surface area contributed by atoms with Gasteiger partial charge in [-0.25, -0.2) is 4.98 Å². The fraction of sp³-hybridized carbons (Fsp3) is 0. The lowest BCUT2D eigenvalue weighted by atomic mass is 10.1. The van der Waals surface area contributed by atoms with Crippen LogP contribution in [0.2, 0.25) is 0 Å². The van der Waals surface area contributed by atoms with Gasteiger partial charge in [0.1, 0.15) is 0 Å². The van der Waals surface area contributed by atoms with Gasteiger partial charge >= 0.3 is 0 Å². The molecular weight excluding hydrogens is 328 g/mol. The molecule has 6 heteroatoms. The molecule has 0 fully saturated rings. The number of hydrazone groups is 1. The Morgan fingerprint density at radius 3 is 2.27 bits per heavy atom. The summed E-state index contributed by atoms with van der Waals surface area (Å²) in [5, 5.41) is 18.1. The van der Waals surface area contributed by atoms with Gasteiger partial charge in [-0.2, -0.15) is 5.10 Å². The van der Waals surface area contributed by atoms with Gasteiger partial charge in [-0.05, 0) is 29.1 Å². The molecule has 0 radical (unpaired) electrons. The molecule has 4 rings (SSSR count). The molecule has 0 spiro atoms. The van der Waals surface area contributed by atoms with Gasteiger partial charge in [0.15, 0.2) is 5.82 Å². The van der Waals surface area contributed by atoms with Crippen LogP contribution in [0.4, 0.5) is 11.5 Å². The van der Waals surface area contributed by atoms with E-state index in [1.807, 2.05) is 36.4 Å². The average Bonchev–Trinajstić information content (AvgIpc) is 2.68. The lowest BCUT2D eigenvalue weighted by Gasteiger charge is -2.08. The highest BCUT2D eigenvalue weighted by Crippen LogP contribution is 2.28. The van der Waals surface area contributed by atoms with Crippen LogP contribution in [0, 0.1) is 10.1 Å². The molecule has 26 heavy (non-hydrogen) atoms. The second-order valence-electron chi connectivity index (χ2n) is 5.74. The number of rotatable bonds is 4. The second-order valence-corrected chi connectivity index (χ2v) is 5.74. The molecule has 0 bridgehead atoms. The maximum Gasteiger partial charge on any atom is 0.269 e. The van der Waals surface area contributed by atoms with E-state index in [0.717, 1.165) is 27.2 Å². The van der Waals surface area contributed by atoms with Crippen LogP contribution in [0.15, 0.2) is 77.9 Å². The van der Waals surface area contributed by atoms with Gasteiger partial charge in [-0.1, -0.05) is 42.5 Å². The highest BCUT2D eigenvalue weighted by molar-refractivity contribution is 6.10. The molecule has 0 aliphatic heterocycles. The molecule has 0 amide bonds. The number of para-hydroxylation sites is 1. The minimum atomic E-state index is -0.426. The standard InChI is InChI=1S/C20H14N4O2/c25-24(26)15-11-9-14(10-12-15)13-21-23-20-18-7-2-1-5-16(18)17-6-3-4-8-19(17)22-20/h1-13H,(H,22,23)/b21-13-. The quantitative estimate of drug-likeness (QED) is 0.251. The number of nitrogens with one attached hydrogen (secondary N) is 1. The number of nitro groups is 1. The predicted molar refractivity (Wildman–Crippen MR) is 104 cm³/mol. The van der Waals surface area contributed by atoms with Crippen LogP contribution in [-0.2, 0) is 0 Å². The first kappa shape index (κ1) is 15.7. The van der Waals surface area contributed by atoms with E-state index in [4.69, 9.17) is 0 Å². The molecule has 0 aliphatic carbocycles. The Kier molecular flexibility index (Phi) is 3.99. The molecule has 126 valence electrons. The van der Waals surface area contributed by atoms with E-state index in [0.29, 0.717) is 5.82 Å². The average molecular weight is 342 g/mol. The second kappa shape index (κ2) is 6.60. The van der Waals surface area contributed by atoms with E-state index in [2.05, 4.69) is 27.6 Å². The molecule has 6 nitrogen and oxygen atoms in total. The molecular formula is C20H14N4O2. The molecule has 1 aromatic heterocycles. The number of non-ortho nitro benzene ring substituents is 1. The fourth-order valence-electron chi connectivity index (χ4n) is 2.84. The van der Waals surface area contributed by atoms with Crippen molar-refractivity contribution in [1.29, 1.82) is 0 Å². The zero-order valence-corrected chi connectivity index (χ0v) is 13.7. The largest absolute Gasteiger partial charge is 0.269 e. The summed E-state index contributed by atoms with van der Waals surface area (Å²) >= 11 is 0. The lowest BCUT2D eigenvalue weighted by Crippen LogP contribution is -1.96. The van der Waals surface area contributed by atoms with Crippen molar-refractivity contribution in [2.45, 2.75) is 0 Å². The maximum absolute atomic E-state index is 10.7. The third-order valence-corrected chi connectivity index (χ3v) is 4.10. The van der Waals surface area contributed by atoms with E-state index in [1.54, 1.807) is 18.3 Å². The van der Waals surface area contributed by atoms with Gasteiger partial charge in [-0.15, -0.1) is 0 Å². The Balaban J connectivity index is 1.67. The molecule has 0 aliphatic rings. The van der Waals surface area contributed by atoms with Gasteiger partial charge in [-0.3, -0.25) is 15.5 Å². The summed E-state index contributed by atoms with van der Waals surface area (Å²) in [4.78, 5) is 14.9. The topological polar surface area (TPSA) is 80.4 Å². The molecule has 0 unspecified atom stereocenters. The smallest absolute Gasteiger partial charge is 0.261 e. The van der Waals surface area contributed by atoms with Crippen LogP contribution in [0.25, 0.3) is 21.7 Å². The van der Waals surface area contributed by atoms with Crippen molar-refractivity contribution in [2.75, 3.05) is 5.43 Å². The SMILES string of the molecule is O=[N+]([O-])c1ccc(/C=N\Nc2nc3ccccc3c3ccccc23)cc1. The van der Waals surface area contributed by atoms with Crippen molar-refractivity contribution in [2.24, 2.45) is 5.10 Å². The van der Waals surface area contributed by atoms with Gasteiger partial charge < -0.3 is 0 Å².